The third-order valence-corrected chi connectivity index (χ3v) is 9.78. The van der Waals surface area contributed by atoms with Crippen molar-refractivity contribution < 1.29 is 28.9 Å². The fourth-order valence-electron chi connectivity index (χ4n) is 2.37. The van der Waals surface area contributed by atoms with Gasteiger partial charge in [-0.1, -0.05) is 45.5 Å². The van der Waals surface area contributed by atoms with E-state index in [0.717, 1.165) is 0 Å². The second kappa shape index (κ2) is 11.6. The maximum absolute atomic E-state index is 12.3. The molecule has 0 aliphatic carbocycles. The van der Waals surface area contributed by atoms with E-state index in [9.17, 15) is 15.0 Å². The fourth-order valence-corrected chi connectivity index (χ4v) is 3.45. The Bertz CT molecular complexity index is 626. The number of aliphatic hydroxyl groups is 2. The molecule has 0 aliphatic rings. The molecule has 0 spiro atoms. The first kappa shape index (κ1) is 25.5. The summed E-state index contributed by atoms with van der Waals surface area (Å²) in [4.78, 5) is 12.3. The first-order valence-corrected chi connectivity index (χ1v) is 12.9. The van der Waals surface area contributed by atoms with Crippen LogP contribution in [-0.2, 0) is 13.9 Å². The summed E-state index contributed by atoms with van der Waals surface area (Å²) in [6.07, 6.45) is -0.999. The van der Waals surface area contributed by atoms with Crippen LogP contribution in [0.1, 0.15) is 37.6 Å². The SMILES string of the molecule is C=C[C@@H](OC(=O)c1ccccc1)[C@@H](OCCCO[Si](C)(C)C(C)(C)C)[C@H](O)CO. The van der Waals surface area contributed by atoms with Crippen LogP contribution in [0.5, 0.6) is 0 Å². The molecule has 0 heterocycles. The monoisotopic (exact) mass is 424 g/mol. The Morgan fingerprint density at radius 2 is 1.83 bits per heavy atom. The maximum Gasteiger partial charge on any atom is 0.338 e. The van der Waals surface area contributed by atoms with E-state index in [4.69, 9.17) is 13.9 Å². The molecule has 6 nitrogen and oxygen atoms in total. The summed E-state index contributed by atoms with van der Waals surface area (Å²) >= 11 is 0. The molecule has 29 heavy (non-hydrogen) atoms. The van der Waals surface area contributed by atoms with Crippen LogP contribution < -0.4 is 0 Å². The first-order valence-electron chi connectivity index (χ1n) is 9.96. The lowest BCUT2D eigenvalue weighted by Gasteiger charge is -2.36. The molecule has 0 unspecified atom stereocenters. The third kappa shape index (κ3) is 8.02. The number of ether oxygens (including phenoxy) is 2. The van der Waals surface area contributed by atoms with E-state index in [1.807, 2.05) is 0 Å². The number of benzene rings is 1. The highest BCUT2D eigenvalue weighted by Crippen LogP contribution is 2.36. The van der Waals surface area contributed by atoms with Gasteiger partial charge in [-0.15, -0.1) is 0 Å². The van der Waals surface area contributed by atoms with Crippen molar-refractivity contribution >= 4 is 14.3 Å². The van der Waals surface area contributed by atoms with E-state index in [-0.39, 0.29) is 5.04 Å². The van der Waals surface area contributed by atoms with Crippen LogP contribution >= 0.6 is 0 Å². The standard InChI is InChI=1S/C22H36O6Si/c1-7-19(28-21(25)17-12-9-8-10-13-17)20(18(24)16-23)26-14-11-15-27-29(5,6)22(2,3)4/h7-10,12-13,18-20,23-24H,1,11,14-16H2,2-6H3/t18-,19-,20+/m1/s1. The van der Waals surface area contributed by atoms with Crippen LogP contribution in [0.3, 0.4) is 0 Å². The highest BCUT2D eigenvalue weighted by atomic mass is 28.4. The van der Waals surface area contributed by atoms with Crippen molar-refractivity contribution in [3.8, 4) is 0 Å². The topological polar surface area (TPSA) is 85.2 Å². The van der Waals surface area contributed by atoms with Crippen molar-refractivity contribution in [2.45, 2.75) is 63.6 Å². The number of aliphatic hydroxyl groups excluding tert-OH is 2. The average Bonchev–Trinajstić information content (AvgIpc) is 2.68. The van der Waals surface area contributed by atoms with Gasteiger partial charge in [0.2, 0.25) is 0 Å². The Balaban J connectivity index is 2.64. The van der Waals surface area contributed by atoms with Gasteiger partial charge in [0.05, 0.1) is 12.2 Å². The van der Waals surface area contributed by atoms with Crippen molar-refractivity contribution in [3.63, 3.8) is 0 Å². The lowest BCUT2D eigenvalue weighted by Crippen LogP contribution is -2.43. The number of carbonyl (C=O) groups is 1. The van der Waals surface area contributed by atoms with E-state index in [1.165, 1.54) is 6.08 Å². The lowest BCUT2D eigenvalue weighted by molar-refractivity contribution is -0.105. The molecule has 0 amide bonds. The summed E-state index contributed by atoms with van der Waals surface area (Å²) in [5.41, 5.74) is 0.388. The highest BCUT2D eigenvalue weighted by molar-refractivity contribution is 6.74. The summed E-state index contributed by atoms with van der Waals surface area (Å²) in [5.74, 6) is -0.546. The molecule has 1 rings (SSSR count). The number of rotatable bonds is 12. The Morgan fingerprint density at radius 3 is 2.34 bits per heavy atom. The lowest BCUT2D eigenvalue weighted by atomic mass is 10.1. The number of esters is 1. The van der Waals surface area contributed by atoms with Crippen molar-refractivity contribution in [2.24, 2.45) is 0 Å². The Labute approximate surface area is 175 Å². The van der Waals surface area contributed by atoms with Gasteiger partial charge in [-0.25, -0.2) is 4.79 Å². The zero-order valence-corrected chi connectivity index (χ0v) is 19.3. The molecule has 2 N–H and O–H groups in total. The van der Waals surface area contributed by atoms with Gasteiger partial charge < -0.3 is 24.1 Å². The molecule has 1 aromatic carbocycles. The van der Waals surface area contributed by atoms with E-state index >= 15 is 0 Å². The van der Waals surface area contributed by atoms with Gasteiger partial charge in [-0.2, -0.15) is 0 Å². The van der Waals surface area contributed by atoms with E-state index in [2.05, 4.69) is 40.4 Å². The van der Waals surface area contributed by atoms with Crippen LogP contribution in [0.25, 0.3) is 0 Å². The molecule has 0 fully saturated rings. The largest absolute Gasteiger partial charge is 0.452 e. The molecular formula is C22H36O6Si. The Kier molecular flexibility index (Phi) is 10.2. The minimum absolute atomic E-state index is 0.128. The van der Waals surface area contributed by atoms with Gasteiger partial charge in [-0.05, 0) is 42.8 Å². The van der Waals surface area contributed by atoms with Crippen molar-refractivity contribution in [1.29, 1.82) is 0 Å². The second-order valence-electron chi connectivity index (χ2n) is 8.52. The van der Waals surface area contributed by atoms with Crippen LogP contribution in [0.4, 0.5) is 0 Å². The molecule has 0 aliphatic heterocycles. The van der Waals surface area contributed by atoms with Gasteiger partial charge in [-0.3, -0.25) is 0 Å². The van der Waals surface area contributed by atoms with Crippen molar-refractivity contribution in [3.05, 3.63) is 48.6 Å². The molecule has 0 aromatic heterocycles. The maximum atomic E-state index is 12.3. The van der Waals surface area contributed by atoms with Gasteiger partial charge in [0.15, 0.2) is 8.32 Å². The Morgan fingerprint density at radius 1 is 1.21 bits per heavy atom. The molecule has 1 aromatic rings. The van der Waals surface area contributed by atoms with Gasteiger partial charge in [0.1, 0.15) is 18.3 Å². The zero-order chi connectivity index (χ0) is 22.1. The molecule has 3 atom stereocenters. The molecule has 164 valence electrons. The predicted molar refractivity (Wildman–Crippen MR) is 116 cm³/mol. The summed E-state index contributed by atoms with van der Waals surface area (Å²) in [5, 5.41) is 19.7. The number of carbonyl (C=O) groups excluding carboxylic acids is 1. The minimum atomic E-state index is -1.83. The van der Waals surface area contributed by atoms with E-state index < -0.39 is 39.2 Å². The molecule has 7 heteroatoms. The molecule has 0 bridgehead atoms. The predicted octanol–water partition coefficient (Wildman–Crippen LogP) is 3.55. The van der Waals surface area contributed by atoms with Gasteiger partial charge in [0, 0.05) is 13.2 Å². The molecule has 0 saturated heterocycles. The summed E-state index contributed by atoms with van der Waals surface area (Å²) in [6, 6.07) is 8.55. The molecular weight excluding hydrogens is 388 g/mol. The smallest absolute Gasteiger partial charge is 0.338 e. The summed E-state index contributed by atoms with van der Waals surface area (Å²) in [6.45, 7) is 14.9. The van der Waals surface area contributed by atoms with Crippen LogP contribution in [0.15, 0.2) is 43.0 Å². The fraction of sp³-hybridized carbons (Fsp3) is 0.591. The average molecular weight is 425 g/mol. The Hall–Kier alpha value is -1.51. The molecule has 0 saturated carbocycles. The quantitative estimate of drug-likeness (QED) is 0.231. The third-order valence-electron chi connectivity index (χ3n) is 5.24. The zero-order valence-electron chi connectivity index (χ0n) is 18.3. The van der Waals surface area contributed by atoms with Gasteiger partial charge in [0.25, 0.3) is 0 Å². The van der Waals surface area contributed by atoms with E-state index in [0.29, 0.717) is 25.2 Å². The summed E-state index contributed by atoms with van der Waals surface area (Å²) in [7, 11) is -1.83. The first-order chi connectivity index (χ1) is 13.5. The van der Waals surface area contributed by atoms with Crippen LogP contribution in [-0.4, -0.2) is 62.6 Å². The highest BCUT2D eigenvalue weighted by Gasteiger charge is 2.37. The number of hydrogen-bond acceptors (Lipinski definition) is 6. The van der Waals surface area contributed by atoms with Crippen molar-refractivity contribution in [2.75, 3.05) is 19.8 Å². The van der Waals surface area contributed by atoms with Crippen molar-refractivity contribution in [1.82, 2.24) is 0 Å². The number of hydrogen-bond donors (Lipinski definition) is 2. The second-order valence-corrected chi connectivity index (χ2v) is 13.3. The van der Waals surface area contributed by atoms with Crippen LogP contribution in [0.2, 0.25) is 18.1 Å². The normalized spacial score (nSPS) is 15.4. The van der Waals surface area contributed by atoms with E-state index in [1.54, 1.807) is 30.3 Å². The van der Waals surface area contributed by atoms with Gasteiger partial charge >= 0.3 is 5.97 Å². The summed E-state index contributed by atoms with van der Waals surface area (Å²) < 4.78 is 17.3. The van der Waals surface area contributed by atoms with Crippen LogP contribution in [0, 0.1) is 0 Å². The molecule has 0 radical (unpaired) electrons. The minimum Gasteiger partial charge on any atom is -0.452 e.